The van der Waals surface area contributed by atoms with E-state index in [0.29, 0.717) is 0 Å². The number of carbonyl (C=O) groups is 2. The van der Waals surface area contributed by atoms with Crippen LogP contribution in [0.15, 0.2) is 18.2 Å². The molecule has 0 unspecified atom stereocenters. The average molecular weight is 277 g/mol. The highest BCUT2D eigenvalue weighted by molar-refractivity contribution is 5.96. The third kappa shape index (κ3) is 3.36. The minimum absolute atomic E-state index is 0.288. The van der Waals surface area contributed by atoms with Crippen molar-refractivity contribution in [3.8, 4) is 5.75 Å². The average Bonchev–Trinajstić information content (AvgIpc) is 2.28. The van der Waals surface area contributed by atoms with E-state index in [1.54, 1.807) is 0 Å². The number of alkyl halides is 2. The van der Waals surface area contributed by atoms with Crippen LogP contribution in [-0.4, -0.2) is 24.6 Å². The Balaban J connectivity index is 3.09. The summed E-state index contributed by atoms with van der Waals surface area (Å²) in [4.78, 5) is 21.9. The first-order chi connectivity index (χ1) is 8.79. The van der Waals surface area contributed by atoms with Crippen molar-refractivity contribution in [2.24, 2.45) is 5.73 Å². The van der Waals surface area contributed by atoms with Crippen LogP contribution in [0.4, 0.5) is 13.2 Å². The second-order valence-electron chi connectivity index (χ2n) is 3.32. The van der Waals surface area contributed by atoms with E-state index in [1.165, 1.54) is 6.92 Å². The second kappa shape index (κ2) is 5.59. The summed E-state index contributed by atoms with van der Waals surface area (Å²) in [5.74, 6) is -5.22. The number of rotatable bonds is 5. The standard InChI is InChI=1S/C11H10F3NO4/c1-2-18-10(17)11(13,14)19-7-5-3-4-6(12)8(7)9(15)16/h3-5H,2H2,1H3,(H2,15,16). The summed E-state index contributed by atoms with van der Waals surface area (Å²) in [7, 11) is 0. The number of carbonyl (C=O) groups excluding carboxylic acids is 2. The number of hydrogen-bond acceptors (Lipinski definition) is 4. The van der Waals surface area contributed by atoms with Gasteiger partial charge in [-0.1, -0.05) is 6.07 Å². The number of hydrogen-bond donors (Lipinski definition) is 1. The van der Waals surface area contributed by atoms with Gasteiger partial charge < -0.3 is 15.2 Å². The lowest BCUT2D eigenvalue weighted by Crippen LogP contribution is -2.37. The van der Waals surface area contributed by atoms with Crippen molar-refractivity contribution in [2.45, 2.75) is 13.0 Å². The molecule has 0 atom stereocenters. The number of halogens is 3. The highest BCUT2D eigenvalue weighted by Gasteiger charge is 2.45. The summed E-state index contributed by atoms with van der Waals surface area (Å²) >= 11 is 0. The molecule has 0 radical (unpaired) electrons. The zero-order valence-electron chi connectivity index (χ0n) is 9.78. The molecule has 1 aromatic rings. The lowest BCUT2D eigenvalue weighted by Gasteiger charge is -2.17. The largest absolute Gasteiger partial charge is 0.502 e. The van der Waals surface area contributed by atoms with Gasteiger partial charge in [0.15, 0.2) is 0 Å². The number of ether oxygens (including phenoxy) is 2. The van der Waals surface area contributed by atoms with Crippen molar-refractivity contribution >= 4 is 11.9 Å². The Kier molecular flexibility index (Phi) is 4.36. The molecule has 104 valence electrons. The van der Waals surface area contributed by atoms with Gasteiger partial charge in [-0.05, 0) is 19.1 Å². The highest BCUT2D eigenvalue weighted by atomic mass is 19.3. The Labute approximate surface area is 106 Å². The predicted octanol–water partition coefficient (Wildman–Crippen LogP) is 1.46. The van der Waals surface area contributed by atoms with Crippen LogP contribution in [0.5, 0.6) is 5.75 Å². The fourth-order valence-corrected chi connectivity index (χ4v) is 1.22. The van der Waals surface area contributed by atoms with Crippen LogP contribution in [-0.2, 0) is 9.53 Å². The molecule has 0 saturated heterocycles. The van der Waals surface area contributed by atoms with Crippen LogP contribution in [0.2, 0.25) is 0 Å². The van der Waals surface area contributed by atoms with Gasteiger partial charge in [-0.2, -0.15) is 8.78 Å². The molecule has 0 aliphatic heterocycles. The Bertz CT molecular complexity index is 505. The highest BCUT2D eigenvalue weighted by Crippen LogP contribution is 2.27. The Morgan fingerprint density at radius 3 is 2.53 bits per heavy atom. The van der Waals surface area contributed by atoms with E-state index in [-0.39, 0.29) is 6.61 Å². The lowest BCUT2D eigenvalue weighted by molar-refractivity contribution is -0.216. The van der Waals surface area contributed by atoms with Crippen LogP contribution >= 0.6 is 0 Å². The van der Waals surface area contributed by atoms with E-state index < -0.39 is 35.1 Å². The first-order valence-electron chi connectivity index (χ1n) is 5.12. The number of amides is 1. The third-order valence-electron chi connectivity index (χ3n) is 1.97. The summed E-state index contributed by atoms with van der Waals surface area (Å²) in [6.07, 6.45) is -4.35. The van der Waals surface area contributed by atoms with E-state index in [0.717, 1.165) is 18.2 Å². The smallest absolute Gasteiger partial charge is 0.459 e. The summed E-state index contributed by atoms with van der Waals surface area (Å²) < 4.78 is 48.0. The molecule has 5 nitrogen and oxygen atoms in total. The van der Waals surface area contributed by atoms with Crippen molar-refractivity contribution < 1.29 is 32.2 Å². The van der Waals surface area contributed by atoms with Gasteiger partial charge in [0.05, 0.1) is 6.61 Å². The Morgan fingerprint density at radius 1 is 1.37 bits per heavy atom. The van der Waals surface area contributed by atoms with Crippen LogP contribution < -0.4 is 10.5 Å². The molecule has 0 bridgehead atoms. The van der Waals surface area contributed by atoms with Gasteiger partial charge in [-0.15, -0.1) is 0 Å². The monoisotopic (exact) mass is 277 g/mol. The van der Waals surface area contributed by atoms with Crippen LogP contribution in [0.3, 0.4) is 0 Å². The molecule has 0 heterocycles. The molecular formula is C11H10F3NO4. The zero-order chi connectivity index (χ0) is 14.6. The fraction of sp³-hybridized carbons (Fsp3) is 0.273. The number of nitrogens with two attached hydrogens (primary N) is 1. The molecule has 0 aliphatic carbocycles. The number of primary amides is 1. The molecule has 8 heteroatoms. The minimum Gasteiger partial charge on any atom is -0.459 e. The number of benzene rings is 1. The van der Waals surface area contributed by atoms with Gasteiger partial charge >= 0.3 is 12.1 Å². The zero-order valence-corrected chi connectivity index (χ0v) is 9.78. The normalized spacial score (nSPS) is 10.9. The molecule has 0 saturated carbocycles. The molecule has 0 fully saturated rings. The van der Waals surface area contributed by atoms with E-state index in [2.05, 4.69) is 9.47 Å². The molecule has 1 aromatic carbocycles. The van der Waals surface area contributed by atoms with E-state index in [4.69, 9.17) is 5.73 Å². The van der Waals surface area contributed by atoms with E-state index in [9.17, 15) is 22.8 Å². The Hall–Kier alpha value is -2.25. The summed E-state index contributed by atoms with van der Waals surface area (Å²) in [5.41, 5.74) is 3.98. The predicted molar refractivity (Wildman–Crippen MR) is 57.1 cm³/mol. The maximum absolute atomic E-state index is 13.3. The molecule has 1 rings (SSSR count). The van der Waals surface area contributed by atoms with Gasteiger partial charge in [0.2, 0.25) is 0 Å². The van der Waals surface area contributed by atoms with Crippen molar-refractivity contribution in [2.75, 3.05) is 6.61 Å². The van der Waals surface area contributed by atoms with Crippen LogP contribution in [0.1, 0.15) is 17.3 Å². The third-order valence-corrected chi connectivity index (χ3v) is 1.97. The summed E-state index contributed by atoms with van der Waals surface area (Å²) in [6.45, 7) is 1.04. The Morgan fingerprint density at radius 2 is 2.00 bits per heavy atom. The molecule has 1 amide bonds. The second-order valence-corrected chi connectivity index (χ2v) is 3.32. The molecule has 2 N–H and O–H groups in total. The SMILES string of the molecule is CCOC(=O)C(F)(F)Oc1cccc(F)c1C(N)=O. The van der Waals surface area contributed by atoms with Crippen molar-refractivity contribution in [1.82, 2.24) is 0 Å². The molecule has 0 aliphatic rings. The van der Waals surface area contributed by atoms with E-state index in [1.807, 2.05) is 0 Å². The first-order valence-corrected chi connectivity index (χ1v) is 5.12. The van der Waals surface area contributed by atoms with Gasteiger partial charge in [0.1, 0.15) is 17.1 Å². The van der Waals surface area contributed by atoms with Gasteiger partial charge in [-0.25, -0.2) is 9.18 Å². The van der Waals surface area contributed by atoms with Crippen molar-refractivity contribution in [3.63, 3.8) is 0 Å². The lowest BCUT2D eigenvalue weighted by atomic mass is 10.2. The first kappa shape index (κ1) is 14.8. The maximum atomic E-state index is 13.3. The summed E-state index contributed by atoms with van der Waals surface area (Å²) in [6, 6.07) is 2.75. The topological polar surface area (TPSA) is 78.6 Å². The minimum atomic E-state index is -4.35. The van der Waals surface area contributed by atoms with Crippen molar-refractivity contribution in [3.05, 3.63) is 29.6 Å². The summed E-state index contributed by atoms with van der Waals surface area (Å²) in [5, 5.41) is 0. The van der Waals surface area contributed by atoms with Crippen LogP contribution in [0.25, 0.3) is 0 Å². The van der Waals surface area contributed by atoms with E-state index >= 15 is 0 Å². The van der Waals surface area contributed by atoms with Gasteiger partial charge in [-0.3, -0.25) is 4.79 Å². The quantitative estimate of drug-likeness (QED) is 0.826. The molecule has 0 spiro atoms. The molecular weight excluding hydrogens is 267 g/mol. The maximum Gasteiger partial charge on any atom is 0.502 e. The van der Waals surface area contributed by atoms with Gasteiger partial charge in [0, 0.05) is 0 Å². The van der Waals surface area contributed by atoms with Gasteiger partial charge in [0.25, 0.3) is 5.91 Å². The molecule has 0 aromatic heterocycles. The fourth-order valence-electron chi connectivity index (χ4n) is 1.22. The number of esters is 1. The van der Waals surface area contributed by atoms with Crippen molar-refractivity contribution in [1.29, 1.82) is 0 Å². The van der Waals surface area contributed by atoms with Crippen LogP contribution in [0, 0.1) is 5.82 Å². The molecule has 19 heavy (non-hydrogen) atoms.